The Kier molecular flexibility index (Phi) is 2.37. The highest BCUT2D eigenvalue weighted by Gasteiger charge is 2.33. The summed E-state index contributed by atoms with van der Waals surface area (Å²) in [5.41, 5.74) is 1.58. The van der Waals surface area contributed by atoms with E-state index in [-0.39, 0.29) is 11.5 Å². The number of nitrogens with zero attached hydrogens (tertiary/aromatic N) is 1. The molecule has 0 aromatic carbocycles. The smallest absolute Gasteiger partial charge is 0.246 e. The second-order valence-electron chi connectivity index (χ2n) is 4.05. The standard InChI is InChI=1S/C10H13NO3/c12-6-7-3-8-1-2-10(11(13)14)5-9(8)4-7/h1-2,7,9,12H,3-6H2. The highest BCUT2D eigenvalue weighted by Crippen LogP contribution is 2.41. The zero-order valence-corrected chi connectivity index (χ0v) is 7.85. The van der Waals surface area contributed by atoms with Gasteiger partial charge in [0.25, 0.3) is 0 Å². The van der Waals surface area contributed by atoms with Crippen molar-refractivity contribution in [3.63, 3.8) is 0 Å². The molecule has 4 nitrogen and oxygen atoms in total. The summed E-state index contributed by atoms with van der Waals surface area (Å²) in [7, 11) is 0. The summed E-state index contributed by atoms with van der Waals surface area (Å²) in [6, 6.07) is 0. The van der Waals surface area contributed by atoms with Crippen LogP contribution in [0.1, 0.15) is 19.3 Å². The molecule has 1 N–H and O–H groups in total. The van der Waals surface area contributed by atoms with Gasteiger partial charge in [-0.05, 0) is 24.7 Å². The first-order valence-corrected chi connectivity index (χ1v) is 4.85. The Morgan fingerprint density at radius 1 is 1.50 bits per heavy atom. The molecule has 0 bridgehead atoms. The minimum Gasteiger partial charge on any atom is -0.396 e. The van der Waals surface area contributed by atoms with Crippen molar-refractivity contribution in [3.05, 3.63) is 33.5 Å². The lowest BCUT2D eigenvalue weighted by atomic mass is 9.92. The van der Waals surface area contributed by atoms with Crippen molar-refractivity contribution < 1.29 is 10.0 Å². The van der Waals surface area contributed by atoms with Crippen LogP contribution in [0.25, 0.3) is 0 Å². The summed E-state index contributed by atoms with van der Waals surface area (Å²) in [5, 5.41) is 19.6. The maximum atomic E-state index is 10.6. The minimum absolute atomic E-state index is 0.196. The highest BCUT2D eigenvalue weighted by molar-refractivity contribution is 5.26. The van der Waals surface area contributed by atoms with Gasteiger partial charge in [0.1, 0.15) is 0 Å². The van der Waals surface area contributed by atoms with Crippen molar-refractivity contribution in [1.82, 2.24) is 0 Å². The van der Waals surface area contributed by atoms with Crippen molar-refractivity contribution in [3.8, 4) is 0 Å². The number of hydrogen-bond acceptors (Lipinski definition) is 3. The van der Waals surface area contributed by atoms with Gasteiger partial charge in [0.05, 0.1) is 4.92 Å². The lowest BCUT2D eigenvalue weighted by Crippen LogP contribution is -2.09. The zero-order valence-electron chi connectivity index (χ0n) is 7.85. The third-order valence-corrected chi connectivity index (χ3v) is 3.10. The summed E-state index contributed by atoms with van der Waals surface area (Å²) >= 11 is 0. The van der Waals surface area contributed by atoms with Gasteiger partial charge in [-0.25, -0.2) is 0 Å². The molecule has 76 valence electrons. The Morgan fingerprint density at radius 3 is 2.93 bits per heavy atom. The monoisotopic (exact) mass is 195 g/mol. The van der Waals surface area contributed by atoms with Gasteiger partial charge in [-0.15, -0.1) is 0 Å². The molecule has 0 aromatic rings. The maximum Gasteiger partial charge on any atom is 0.246 e. The minimum atomic E-state index is -0.306. The third kappa shape index (κ3) is 1.57. The number of rotatable bonds is 2. The molecule has 14 heavy (non-hydrogen) atoms. The van der Waals surface area contributed by atoms with Crippen LogP contribution in [0, 0.1) is 22.0 Å². The van der Waals surface area contributed by atoms with Gasteiger partial charge in [-0.1, -0.05) is 11.6 Å². The fourth-order valence-electron chi connectivity index (χ4n) is 2.35. The molecular weight excluding hydrogens is 182 g/mol. The van der Waals surface area contributed by atoms with E-state index < -0.39 is 0 Å². The molecule has 0 saturated heterocycles. The molecule has 1 saturated carbocycles. The Bertz CT molecular complexity index is 319. The second-order valence-corrected chi connectivity index (χ2v) is 4.05. The predicted molar refractivity (Wildman–Crippen MR) is 51.1 cm³/mol. The summed E-state index contributed by atoms with van der Waals surface area (Å²) < 4.78 is 0. The molecule has 0 amide bonds. The third-order valence-electron chi connectivity index (χ3n) is 3.10. The second kappa shape index (κ2) is 3.53. The lowest BCUT2D eigenvalue weighted by Gasteiger charge is -2.13. The number of aliphatic hydroxyl groups excluding tert-OH is 1. The Hall–Kier alpha value is -1.16. The van der Waals surface area contributed by atoms with Crippen molar-refractivity contribution >= 4 is 0 Å². The first-order chi connectivity index (χ1) is 6.70. The van der Waals surface area contributed by atoms with Gasteiger partial charge in [0.15, 0.2) is 0 Å². The van der Waals surface area contributed by atoms with E-state index in [0.29, 0.717) is 24.0 Å². The Morgan fingerprint density at radius 2 is 2.29 bits per heavy atom. The summed E-state index contributed by atoms with van der Waals surface area (Å²) in [4.78, 5) is 10.2. The fourth-order valence-corrected chi connectivity index (χ4v) is 2.35. The van der Waals surface area contributed by atoms with Crippen LogP contribution in [0.4, 0.5) is 0 Å². The molecule has 0 spiro atoms. The van der Waals surface area contributed by atoms with Gasteiger partial charge in [0.2, 0.25) is 5.70 Å². The van der Waals surface area contributed by atoms with Crippen molar-refractivity contribution in [2.75, 3.05) is 6.61 Å². The van der Waals surface area contributed by atoms with Gasteiger partial charge in [-0.3, -0.25) is 10.1 Å². The van der Waals surface area contributed by atoms with Gasteiger partial charge in [0, 0.05) is 19.1 Å². The molecule has 2 atom stereocenters. The molecule has 0 aliphatic heterocycles. The topological polar surface area (TPSA) is 63.4 Å². The van der Waals surface area contributed by atoms with Gasteiger partial charge < -0.3 is 5.11 Å². The molecule has 2 unspecified atom stereocenters. The van der Waals surface area contributed by atoms with Crippen molar-refractivity contribution in [2.45, 2.75) is 19.3 Å². The summed E-state index contributed by atoms with van der Waals surface area (Å²) in [6.45, 7) is 0.196. The van der Waals surface area contributed by atoms with Gasteiger partial charge in [-0.2, -0.15) is 0 Å². The first-order valence-electron chi connectivity index (χ1n) is 4.85. The highest BCUT2D eigenvalue weighted by atomic mass is 16.6. The summed E-state index contributed by atoms with van der Waals surface area (Å²) in [6.07, 6.45) is 5.80. The van der Waals surface area contributed by atoms with Crippen LogP contribution < -0.4 is 0 Å². The van der Waals surface area contributed by atoms with E-state index in [2.05, 4.69) is 0 Å². The molecule has 2 aliphatic rings. The average molecular weight is 195 g/mol. The SMILES string of the molecule is O=[N+]([O-])C1=CC=C2CC(CO)CC2C1. The number of nitro groups is 1. The lowest BCUT2D eigenvalue weighted by molar-refractivity contribution is -0.429. The summed E-state index contributed by atoms with van der Waals surface area (Å²) in [5.74, 6) is 0.614. The van der Waals surface area contributed by atoms with E-state index in [9.17, 15) is 10.1 Å². The normalized spacial score (nSPS) is 30.6. The van der Waals surface area contributed by atoms with Crippen LogP contribution in [0.5, 0.6) is 0 Å². The maximum absolute atomic E-state index is 10.6. The van der Waals surface area contributed by atoms with Crippen LogP contribution in [-0.4, -0.2) is 16.6 Å². The Balaban J connectivity index is 2.11. The van der Waals surface area contributed by atoms with E-state index in [1.54, 1.807) is 6.08 Å². The average Bonchev–Trinajstić information content (AvgIpc) is 2.58. The van der Waals surface area contributed by atoms with Crippen LogP contribution in [0.2, 0.25) is 0 Å². The van der Waals surface area contributed by atoms with E-state index in [4.69, 9.17) is 5.11 Å². The van der Waals surface area contributed by atoms with Crippen molar-refractivity contribution in [1.29, 1.82) is 0 Å². The fraction of sp³-hybridized carbons (Fsp3) is 0.600. The number of hydrogen-bond donors (Lipinski definition) is 1. The molecular formula is C10H13NO3. The molecule has 0 heterocycles. The number of aliphatic hydroxyl groups is 1. The predicted octanol–water partition coefficient (Wildman–Crippen LogP) is 1.50. The van der Waals surface area contributed by atoms with Crippen LogP contribution in [-0.2, 0) is 0 Å². The van der Waals surface area contributed by atoms with Gasteiger partial charge >= 0.3 is 0 Å². The molecule has 2 aliphatic carbocycles. The molecule has 0 aromatic heterocycles. The molecule has 1 fully saturated rings. The Labute approximate surface area is 82.1 Å². The molecule has 4 heteroatoms. The van der Waals surface area contributed by atoms with E-state index in [1.165, 1.54) is 5.57 Å². The zero-order chi connectivity index (χ0) is 10.1. The quantitative estimate of drug-likeness (QED) is 0.536. The van der Waals surface area contributed by atoms with Crippen molar-refractivity contribution in [2.24, 2.45) is 11.8 Å². The van der Waals surface area contributed by atoms with E-state index in [1.807, 2.05) is 6.08 Å². The molecule has 2 rings (SSSR count). The number of allylic oxidation sites excluding steroid dienone is 4. The van der Waals surface area contributed by atoms with Crippen LogP contribution >= 0.6 is 0 Å². The molecule has 0 radical (unpaired) electrons. The van der Waals surface area contributed by atoms with Crippen LogP contribution in [0.15, 0.2) is 23.4 Å². The first kappa shape index (κ1) is 9.40. The van der Waals surface area contributed by atoms with E-state index in [0.717, 1.165) is 12.8 Å². The largest absolute Gasteiger partial charge is 0.396 e. The van der Waals surface area contributed by atoms with E-state index >= 15 is 0 Å². The number of fused-ring (bicyclic) bond motifs is 1. The van der Waals surface area contributed by atoms with Crippen LogP contribution in [0.3, 0.4) is 0 Å².